The second kappa shape index (κ2) is 5.08. The zero-order chi connectivity index (χ0) is 14.0. The van der Waals surface area contributed by atoms with Crippen LogP contribution in [0.3, 0.4) is 0 Å². The zero-order valence-corrected chi connectivity index (χ0v) is 12.4. The van der Waals surface area contributed by atoms with Crippen molar-refractivity contribution in [3.8, 4) is 0 Å². The Morgan fingerprint density at radius 3 is 2.11 bits per heavy atom. The monoisotopic (exact) mass is 256 g/mol. The highest BCUT2D eigenvalue weighted by atomic mass is 16.6. The number of hydrogen-bond acceptors (Lipinski definition) is 3. The lowest BCUT2D eigenvalue weighted by atomic mass is 9.83. The van der Waals surface area contributed by atoms with E-state index in [4.69, 9.17) is 10.5 Å². The van der Waals surface area contributed by atoms with Crippen LogP contribution < -0.4 is 11.1 Å². The Morgan fingerprint density at radius 1 is 1.22 bits per heavy atom. The average molecular weight is 256 g/mol. The van der Waals surface area contributed by atoms with Crippen molar-refractivity contribution in [2.24, 2.45) is 5.73 Å². The Kier molecular flexibility index (Phi) is 4.31. The van der Waals surface area contributed by atoms with E-state index in [1.807, 2.05) is 34.6 Å². The van der Waals surface area contributed by atoms with Crippen molar-refractivity contribution in [2.45, 2.75) is 83.4 Å². The predicted molar refractivity (Wildman–Crippen MR) is 73.5 cm³/mol. The van der Waals surface area contributed by atoms with Gasteiger partial charge in [-0.25, -0.2) is 4.79 Å². The van der Waals surface area contributed by atoms with Crippen LogP contribution in [0, 0.1) is 0 Å². The van der Waals surface area contributed by atoms with Gasteiger partial charge >= 0.3 is 6.09 Å². The molecule has 0 radical (unpaired) electrons. The van der Waals surface area contributed by atoms with Gasteiger partial charge in [-0.2, -0.15) is 0 Å². The first-order valence-electron chi connectivity index (χ1n) is 6.82. The Morgan fingerprint density at radius 2 is 1.72 bits per heavy atom. The molecule has 0 saturated heterocycles. The van der Waals surface area contributed by atoms with E-state index in [9.17, 15) is 4.79 Å². The van der Waals surface area contributed by atoms with Crippen molar-refractivity contribution < 1.29 is 9.53 Å². The number of carbonyl (C=O) groups excluding carboxylic acids is 1. The first kappa shape index (κ1) is 15.3. The van der Waals surface area contributed by atoms with E-state index in [1.165, 1.54) is 0 Å². The number of amides is 1. The zero-order valence-electron chi connectivity index (χ0n) is 12.4. The van der Waals surface area contributed by atoms with E-state index in [1.54, 1.807) is 0 Å². The molecule has 3 N–H and O–H groups in total. The van der Waals surface area contributed by atoms with Gasteiger partial charge in [-0.05, 0) is 53.9 Å². The van der Waals surface area contributed by atoms with Crippen molar-refractivity contribution >= 4 is 6.09 Å². The fraction of sp³-hybridized carbons (Fsp3) is 0.929. The molecule has 0 aliphatic heterocycles. The molecule has 4 heteroatoms. The molecule has 18 heavy (non-hydrogen) atoms. The van der Waals surface area contributed by atoms with Crippen molar-refractivity contribution in [2.75, 3.05) is 0 Å². The summed E-state index contributed by atoms with van der Waals surface area (Å²) in [4.78, 5) is 11.9. The highest BCUT2D eigenvalue weighted by molar-refractivity contribution is 5.68. The minimum absolute atomic E-state index is 0.180. The molecule has 0 spiro atoms. The second-order valence-corrected chi connectivity index (χ2v) is 7.28. The highest BCUT2D eigenvalue weighted by Gasteiger charge is 2.39. The molecular formula is C14H28N2O2. The first-order chi connectivity index (χ1) is 8.02. The van der Waals surface area contributed by atoms with Gasteiger partial charge in [-0.1, -0.05) is 12.8 Å². The van der Waals surface area contributed by atoms with Crippen LogP contribution >= 0.6 is 0 Å². The Hall–Kier alpha value is -0.770. The van der Waals surface area contributed by atoms with Crippen LogP contribution in [-0.4, -0.2) is 22.8 Å². The van der Waals surface area contributed by atoms with Gasteiger partial charge in [-0.15, -0.1) is 0 Å². The molecule has 0 atom stereocenters. The van der Waals surface area contributed by atoms with Gasteiger partial charge in [0.2, 0.25) is 0 Å². The standard InChI is InChI=1S/C14H28N2O2/c1-12(2,3)18-11(17)16-14(8-6-7-9-14)10-13(4,5)15/h6-10,15H2,1-5H3,(H,16,17). The van der Waals surface area contributed by atoms with Crippen LogP contribution in [0.1, 0.15) is 66.7 Å². The number of rotatable bonds is 3. The molecule has 1 amide bonds. The third-order valence-electron chi connectivity index (χ3n) is 3.12. The number of nitrogens with two attached hydrogens (primary N) is 1. The van der Waals surface area contributed by atoms with Crippen LogP contribution in [0.25, 0.3) is 0 Å². The third-order valence-corrected chi connectivity index (χ3v) is 3.12. The normalized spacial score (nSPS) is 19.7. The largest absolute Gasteiger partial charge is 0.444 e. The van der Waals surface area contributed by atoms with Crippen LogP contribution in [0.15, 0.2) is 0 Å². The lowest BCUT2D eigenvalue weighted by Gasteiger charge is -2.36. The lowest BCUT2D eigenvalue weighted by Crippen LogP contribution is -2.53. The molecule has 0 heterocycles. The number of ether oxygens (including phenoxy) is 1. The van der Waals surface area contributed by atoms with E-state index in [-0.39, 0.29) is 17.2 Å². The number of alkyl carbamates (subject to hydrolysis) is 1. The van der Waals surface area contributed by atoms with Crippen molar-refractivity contribution in [1.29, 1.82) is 0 Å². The van der Waals surface area contributed by atoms with Crippen LogP contribution in [0.4, 0.5) is 4.79 Å². The first-order valence-corrected chi connectivity index (χ1v) is 6.82. The molecule has 1 aliphatic rings. The topological polar surface area (TPSA) is 64.3 Å². The molecule has 1 rings (SSSR count). The molecule has 0 unspecified atom stereocenters. The molecule has 1 saturated carbocycles. The number of hydrogen-bond donors (Lipinski definition) is 2. The summed E-state index contributed by atoms with van der Waals surface area (Å²) in [6.07, 6.45) is 4.74. The maximum atomic E-state index is 11.9. The smallest absolute Gasteiger partial charge is 0.408 e. The third kappa shape index (κ3) is 5.25. The van der Waals surface area contributed by atoms with E-state index >= 15 is 0 Å². The fourth-order valence-electron chi connectivity index (χ4n) is 2.79. The molecule has 0 aromatic rings. The van der Waals surface area contributed by atoms with E-state index in [2.05, 4.69) is 5.32 Å². The molecule has 0 bridgehead atoms. The predicted octanol–water partition coefficient (Wildman–Crippen LogP) is 2.95. The minimum atomic E-state index is -0.456. The molecule has 4 nitrogen and oxygen atoms in total. The van der Waals surface area contributed by atoms with E-state index in [0.29, 0.717) is 0 Å². The summed E-state index contributed by atoms with van der Waals surface area (Å²) in [6.45, 7) is 9.63. The Balaban J connectivity index is 2.66. The number of nitrogens with one attached hydrogen (secondary N) is 1. The Labute approximate surface area is 111 Å². The fourth-order valence-corrected chi connectivity index (χ4v) is 2.79. The van der Waals surface area contributed by atoms with Gasteiger partial charge < -0.3 is 15.8 Å². The maximum Gasteiger partial charge on any atom is 0.408 e. The quantitative estimate of drug-likeness (QED) is 0.816. The van der Waals surface area contributed by atoms with Crippen LogP contribution in [0.5, 0.6) is 0 Å². The van der Waals surface area contributed by atoms with Crippen molar-refractivity contribution in [1.82, 2.24) is 5.32 Å². The highest BCUT2D eigenvalue weighted by Crippen LogP contribution is 2.35. The van der Waals surface area contributed by atoms with Gasteiger partial charge in [0, 0.05) is 11.1 Å². The summed E-state index contributed by atoms with van der Waals surface area (Å²) >= 11 is 0. The summed E-state index contributed by atoms with van der Waals surface area (Å²) < 4.78 is 5.35. The minimum Gasteiger partial charge on any atom is -0.444 e. The number of carbonyl (C=O) groups is 1. The van der Waals surface area contributed by atoms with Gasteiger partial charge in [0.25, 0.3) is 0 Å². The van der Waals surface area contributed by atoms with Crippen molar-refractivity contribution in [3.05, 3.63) is 0 Å². The molecule has 0 aromatic carbocycles. The molecule has 106 valence electrons. The van der Waals surface area contributed by atoms with Crippen molar-refractivity contribution in [3.63, 3.8) is 0 Å². The summed E-state index contributed by atoms with van der Waals surface area (Å²) in [5.74, 6) is 0. The maximum absolute atomic E-state index is 11.9. The van der Waals surface area contributed by atoms with Gasteiger partial charge in [0.1, 0.15) is 5.60 Å². The summed E-state index contributed by atoms with van der Waals surface area (Å²) in [5, 5.41) is 3.06. The van der Waals surface area contributed by atoms with E-state index in [0.717, 1.165) is 32.1 Å². The van der Waals surface area contributed by atoms with Crippen LogP contribution in [0.2, 0.25) is 0 Å². The Bertz CT molecular complexity index is 294. The summed E-state index contributed by atoms with van der Waals surface area (Å²) in [6, 6.07) is 0. The average Bonchev–Trinajstić information content (AvgIpc) is 2.44. The molecule has 1 aliphatic carbocycles. The SMILES string of the molecule is CC(C)(N)CC1(NC(=O)OC(C)(C)C)CCCC1. The van der Waals surface area contributed by atoms with Gasteiger partial charge in [0.05, 0.1) is 0 Å². The summed E-state index contributed by atoms with van der Waals surface area (Å²) in [5.41, 5.74) is 5.20. The lowest BCUT2D eigenvalue weighted by molar-refractivity contribution is 0.0439. The second-order valence-electron chi connectivity index (χ2n) is 7.28. The van der Waals surface area contributed by atoms with E-state index < -0.39 is 5.60 Å². The van der Waals surface area contributed by atoms with Gasteiger partial charge in [0.15, 0.2) is 0 Å². The molecule has 0 aromatic heterocycles. The van der Waals surface area contributed by atoms with Gasteiger partial charge in [-0.3, -0.25) is 0 Å². The van der Waals surface area contributed by atoms with Crippen LogP contribution in [-0.2, 0) is 4.74 Å². The molecule has 1 fully saturated rings. The summed E-state index contributed by atoms with van der Waals surface area (Å²) in [7, 11) is 0. The molecular weight excluding hydrogens is 228 g/mol.